The van der Waals surface area contributed by atoms with Crippen LogP contribution < -0.4 is 10.9 Å². The lowest BCUT2D eigenvalue weighted by atomic mass is 9.95. The van der Waals surface area contributed by atoms with Crippen LogP contribution in [0.25, 0.3) is 10.9 Å². The largest absolute Gasteiger partial charge is 0.353 e. The van der Waals surface area contributed by atoms with Crippen molar-refractivity contribution in [1.82, 2.24) is 15.3 Å². The summed E-state index contributed by atoms with van der Waals surface area (Å²) in [5, 5.41) is 3.64. The minimum atomic E-state index is -0.178. The molecule has 3 rings (SSSR count). The molecule has 0 radical (unpaired) electrons. The van der Waals surface area contributed by atoms with Crippen LogP contribution in [0.4, 0.5) is 0 Å². The van der Waals surface area contributed by atoms with Crippen LogP contribution in [0.15, 0.2) is 23.0 Å². The summed E-state index contributed by atoms with van der Waals surface area (Å²) in [5.74, 6) is 0.719. The third-order valence-electron chi connectivity index (χ3n) is 4.74. The van der Waals surface area contributed by atoms with Crippen LogP contribution in [0.1, 0.15) is 63.3 Å². The fourth-order valence-corrected chi connectivity index (χ4v) is 3.33. The number of aromatic amines is 1. The highest BCUT2D eigenvalue weighted by Gasteiger charge is 2.17. The number of benzene rings is 1. The van der Waals surface area contributed by atoms with Gasteiger partial charge in [-0.3, -0.25) is 9.59 Å². The second kappa shape index (κ2) is 7.16. The Hall–Kier alpha value is -2.17. The zero-order valence-electron chi connectivity index (χ0n) is 14.4. The Morgan fingerprint density at radius 1 is 1.29 bits per heavy atom. The third-order valence-corrected chi connectivity index (χ3v) is 4.74. The molecule has 0 atom stereocenters. The molecule has 24 heavy (non-hydrogen) atoms. The minimum absolute atomic E-state index is 0.0665. The number of hydrogen-bond donors (Lipinski definition) is 2. The highest BCUT2D eigenvalue weighted by Crippen LogP contribution is 2.19. The van der Waals surface area contributed by atoms with Gasteiger partial charge in [0.1, 0.15) is 5.82 Å². The number of amides is 1. The van der Waals surface area contributed by atoms with Gasteiger partial charge in [0, 0.05) is 6.04 Å². The highest BCUT2D eigenvalue weighted by molar-refractivity contribution is 5.81. The number of carbonyl (C=O) groups is 1. The molecular weight excluding hydrogens is 302 g/mol. The van der Waals surface area contributed by atoms with Crippen molar-refractivity contribution in [3.63, 3.8) is 0 Å². The van der Waals surface area contributed by atoms with Crippen molar-refractivity contribution in [2.75, 3.05) is 0 Å². The number of fused-ring (bicyclic) bond motifs is 1. The van der Waals surface area contributed by atoms with Crippen molar-refractivity contribution in [3.05, 3.63) is 39.9 Å². The topological polar surface area (TPSA) is 74.8 Å². The normalized spacial score (nSPS) is 15.8. The van der Waals surface area contributed by atoms with Crippen LogP contribution in [-0.4, -0.2) is 21.9 Å². The first-order valence-electron chi connectivity index (χ1n) is 8.85. The van der Waals surface area contributed by atoms with Crippen molar-refractivity contribution < 1.29 is 4.79 Å². The van der Waals surface area contributed by atoms with Gasteiger partial charge in [-0.25, -0.2) is 4.98 Å². The monoisotopic (exact) mass is 327 g/mol. The van der Waals surface area contributed by atoms with E-state index in [1.807, 2.05) is 18.2 Å². The van der Waals surface area contributed by atoms with Gasteiger partial charge in [0.15, 0.2) is 0 Å². The summed E-state index contributed by atoms with van der Waals surface area (Å²) in [6.45, 7) is 4.18. The lowest BCUT2D eigenvalue weighted by Gasteiger charge is -2.22. The van der Waals surface area contributed by atoms with E-state index in [0.29, 0.717) is 22.6 Å². The number of carbonyl (C=O) groups excluding carboxylic acids is 1. The summed E-state index contributed by atoms with van der Waals surface area (Å²) >= 11 is 0. The van der Waals surface area contributed by atoms with E-state index in [-0.39, 0.29) is 23.9 Å². The summed E-state index contributed by atoms with van der Waals surface area (Å²) in [7, 11) is 0. The van der Waals surface area contributed by atoms with Crippen molar-refractivity contribution >= 4 is 16.8 Å². The van der Waals surface area contributed by atoms with Gasteiger partial charge in [0.2, 0.25) is 5.91 Å². The fraction of sp³-hybridized carbons (Fsp3) is 0.526. The standard InChI is InChI=1S/C19H25N3O2/c1-12(2)13-8-9-16-15(10-13)19(24)22-17(21-16)11-18(23)20-14-6-4-3-5-7-14/h8-10,12,14H,3-7,11H2,1-2H3,(H,20,23)(H,21,22,24). The van der Waals surface area contributed by atoms with E-state index in [9.17, 15) is 9.59 Å². The van der Waals surface area contributed by atoms with E-state index in [1.165, 1.54) is 19.3 Å². The van der Waals surface area contributed by atoms with E-state index in [2.05, 4.69) is 29.1 Å². The van der Waals surface area contributed by atoms with E-state index in [1.54, 1.807) is 0 Å². The molecule has 5 heteroatoms. The lowest BCUT2D eigenvalue weighted by molar-refractivity contribution is -0.121. The molecule has 0 saturated heterocycles. The lowest BCUT2D eigenvalue weighted by Crippen LogP contribution is -2.37. The summed E-state index contributed by atoms with van der Waals surface area (Å²) in [6, 6.07) is 6.01. The molecule has 1 aliphatic carbocycles. The third kappa shape index (κ3) is 3.83. The number of nitrogens with one attached hydrogen (secondary N) is 2. The molecule has 2 aromatic rings. The first-order chi connectivity index (χ1) is 11.5. The van der Waals surface area contributed by atoms with Gasteiger partial charge in [-0.1, -0.05) is 39.2 Å². The molecule has 0 aliphatic heterocycles. The fourth-order valence-electron chi connectivity index (χ4n) is 3.33. The van der Waals surface area contributed by atoms with Crippen LogP contribution in [-0.2, 0) is 11.2 Å². The zero-order chi connectivity index (χ0) is 17.1. The zero-order valence-corrected chi connectivity index (χ0v) is 14.4. The molecule has 1 aliphatic rings. The van der Waals surface area contributed by atoms with Crippen molar-refractivity contribution in [3.8, 4) is 0 Å². The average molecular weight is 327 g/mol. The van der Waals surface area contributed by atoms with Gasteiger partial charge >= 0.3 is 0 Å². The Morgan fingerprint density at radius 3 is 2.75 bits per heavy atom. The van der Waals surface area contributed by atoms with Crippen LogP contribution in [0.3, 0.4) is 0 Å². The van der Waals surface area contributed by atoms with Gasteiger partial charge in [-0.05, 0) is 36.5 Å². The number of H-pyrrole nitrogens is 1. The Kier molecular flexibility index (Phi) is 4.97. The SMILES string of the molecule is CC(C)c1ccc2nc(CC(=O)NC3CCCCC3)[nH]c(=O)c2c1. The predicted octanol–water partition coefficient (Wildman–Crippen LogP) is 3.04. The number of aromatic nitrogens is 2. The van der Waals surface area contributed by atoms with Crippen LogP contribution in [0, 0.1) is 0 Å². The van der Waals surface area contributed by atoms with Gasteiger partial charge in [-0.15, -0.1) is 0 Å². The van der Waals surface area contributed by atoms with E-state index < -0.39 is 0 Å². The second-order valence-corrected chi connectivity index (χ2v) is 7.02. The van der Waals surface area contributed by atoms with Gasteiger partial charge in [0.05, 0.1) is 17.3 Å². The molecule has 2 N–H and O–H groups in total. The highest BCUT2D eigenvalue weighted by atomic mass is 16.1. The quantitative estimate of drug-likeness (QED) is 0.906. The molecule has 0 spiro atoms. The van der Waals surface area contributed by atoms with E-state index in [0.717, 1.165) is 18.4 Å². The molecule has 128 valence electrons. The average Bonchev–Trinajstić information content (AvgIpc) is 2.55. The second-order valence-electron chi connectivity index (χ2n) is 7.02. The van der Waals surface area contributed by atoms with E-state index in [4.69, 9.17) is 0 Å². The summed E-state index contributed by atoms with van der Waals surface area (Å²) in [6.07, 6.45) is 5.82. The number of hydrogen-bond acceptors (Lipinski definition) is 3. The Balaban J connectivity index is 1.76. The van der Waals surface area contributed by atoms with Crippen LogP contribution in [0.5, 0.6) is 0 Å². The van der Waals surface area contributed by atoms with Crippen molar-refractivity contribution in [2.24, 2.45) is 0 Å². The summed E-state index contributed by atoms with van der Waals surface area (Å²) < 4.78 is 0. The number of nitrogens with zero attached hydrogens (tertiary/aromatic N) is 1. The molecule has 1 saturated carbocycles. The van der Waals surface area contributed by atoms with Crippen LogP contribution in [0.2, 0.25) is 0 Å². The molecular formula is C19H25N3O2. The van der Waals surface area contributed by atoms with Crippen molar-refractivity contribution in [2.45, 2.75) is 64.3 Å². The first kappa shape index (κ1) is 16.7. The summed E-state index contributed by atoms with van der Waals surface area (Å²) in [5.41, 5.74) is 1.57. The maximum Gasteiger partial charge on any atom is 0.258 e. The summed E-state index contributed by atoms with van der Waals surface area (Å²) in [4.78, 5) is 31.7. The van der Waals surface area contributed by atoms with Crippen LogP contribution >= 0.6 is 0 Å². The Bertz CT molecular complexity index is 789. The molecule has 1 fully saturated rings. The van der Waals surface area contributed by atoms with Gasteiger partial charge in [-0.2, -0.15) is 0 Å². The van der Waals surface area contributed by atoms with Gasteiger partial charge in [0.25, 0.3) is 5.56 Å². The van der Waals surface area contributed by atoms with E-state index >= 15 is 0 Å². The Morgan fingerprint density at radius 2 is 2.04 bits per heavy atom. The molecule has 1 aromatic heterocycles. The molecule has 0 bridgehead atoms. The number of rotatable bonds is 4. The molecule has 1 aromatic carbocycles. The minimum Gasteiger partial charge on any atom is -0.353 e. The smallest absolute Gasteiger partial charge is 0.258 e. The Labute approximate surface area is 141 Å². The molecule has 0 unspecified atom stereocenters. The van der Waals surface area contributed by atoms with Crippen molar-refractivity contribution in [1.29, 1.82) is 0 Å². The van der Waals surface area contributed by atoms with Gasteiger partial charge < -0.3 is 10.3 Å². The molecule has 1 heterocycles. The maximum atomic E-state index is 12.3. The maximum absolute atomic E-state index is 12.3. The first-order valence-corrected chi connectivity index (χ1v) is 8.85. The molecule has 1 amide bonds. The molecule has 5 nitrogen and oxygen atoms in total. The predicted molar refractivity (Wildman–Crippen MR) is 95.2 cm³/mol.